The minimum absolute atomic E-state index is 0.279. The average Bonchev–Trinajstić information content (AvgIpc) is 2.47. The number of benzene rings is 1. The molecule has 0 radical (unpaired) electrons. The topological polar surface area (TPSA) is 66.6 Å². The maximum Gasteiger partial charge on any atom is 0.279 e. The number of nitriles is 1. The lowest BCUT2D eigenvalue weighted by Crippen LogP contribution is -2.06. The Balaban J connectivity index is 2.33. The summed E-state index contributed by atoms with van der Waals surface area (Å²) in [6, 6.07) is 12.8. The molecule has 2 aromatic heterocycles. The largest absolute Gasteiger partial charge is 0.279 e. The van der Waals surface area contributed by atoms with E-state index < -0.39 is 0 Å². The third kappa shape index (κ3) is 1.98. The highest BCUT2D eigenvalue weighted by molar-refractivity contribution is 7.21. The van der Waals surface area contributed by atoms with Crippen molar-refractivity contribution >= 4 is 21.4 Å². The average molecular weight is 265 g/mol. The van der Waals surface area contributed by atoms with E-state index in [0.29, 0.717) is 16.0 Å². The quantitative estimate of drug-likeness (QED) is 0.678. The van der Waals surface area contributed by atoms with Crippen LogP contribution in [0.25, 0.3) is 20.7 Å². The molecule has 0 spiro atoms. The highest BCUT2D eigenvalue weighted by Crippen LogP contribution is 2.27. The number of rotatable bonds is 1. The number of fused-ring (bicyclic) bond motifs is 1. The smallest absolute Gasteiger partial charge is 0.267 e. The molecule has 0 fully saturated rings. The lowest BCUT2D eigenvalue weighted by molar-refractivity contribution is 1.24. The Morgan fingerprint density at radius 3 is 2.84 bits per heavy atom. The summed E-state index contributed by atoms with van der Waals surface area (Å²) in [5, 5.41) is 10.2. The van der Waals surface area contributed by atoms with E-state index in [1.165, 1.54) is 11.3 Å². The fourth-order valence-electron chi connectivity index (χ4n) is 1.79. The second-order valence-electron chi connectivity index (χ2n) is 3.83. The van der Waals surface area contributed by atoms with E-state index in [2.05, 4.69) is 9.97 Å². The Labute approximate surface area is 112 Å². The number of hydrogen-bond donors (Lipinski definition) is 0. The zero-order chi connectivity index (χ0) is 13.2. The van der Waals surface area contributed by atoms with Gasteiger partial charge >= 0.3 is 0 Å². The summed E-state index contributed by atoms with van der Waals surface area (Å²) in [4.78, 5) is 20.0. The second-order valence-corrected chi connectivity index (χ2v) is 4.86. The van der Waals surface area contributed by atoms with E-state index in [-0.39, 0.29) is 11.3 Å². The third-order valence-corrected chi connectivity index (χ3v) is 3.75. The van der Waals surface area contributed by atoms with Gasteiger partial charge in [-0.15, -0.1) is 11.3 Å². The fourth-order valence-corrected chi connectivity index (χ4v) is 2.82. The predicted octanol–water partition coefficient (Wildman–Crippen LogP) is 2.59. The van der Waals surface area contributed by atoms with Crippen molar-refractivity contribution in [3.63, 3.8) is 0 Å². The number of aromatic nitrogens is 2. The first kappa shape index (κ1) is 11.5. The number of pyridine rings is 1. The molecular weight excluding hydrogens is 258 g/mol. The molecule has 3 rings (SSSR count). The molecule has 0 bridgehead atoms. The van der Waals surface area contributed by atoms with Crippen LogP contribution in [0.3, 0.4) is 0 Å². The van der Waals surface area contributed by atoms with E-state index in [9.17, 15) is 4.79 Å². The van der Waals surface area contributed by atoms with Crippen LogP contribution in [0.5, 0.6) is 0 Å². The molecule has 0 saturated heterocycles. The lowest BCUT2D eigenvalue weighted by Gasteiger charge is -2.02. The van der Waals surface area contributed by atoms with E-state index in [1.807, 2.05) is 24.3 Å². The van der Waals surface area contributed by atoms with Gasteiger partial charge in [0, 0.05) is 16.5 Å². The van der Waals surface area contributed by atoms with Crippen molar-refractivity contribution < 1.29 is 0 Å². The van der Waals surface area contributed by atoms with Crippen molar-refractivity contribution in [2.45, 2.75) is 0 Å². The first-order valence-corrected chi connectivity index (χ1v) is 6.36. The van der Waals surface area contributed by atoms with Crippen LogP contribution in [0.4, 0.5) is 0 Å². The van der Waals surface area contributed by atoms with Crippen LogP contribution in [-0.4, -0.2) is 9.97 Å². The summed E-state index contributed by atoms with van der Waals surface area (Å²) < 4.78 is 0.852. The van der Waals surface area contributed by atoms with Crippen molar-refractivity contribution in [1.29, 1.82) is 5.26 Å². The van der Waals surface area contributed by atoms with E-state index in [0.717, 1.165) is 4.70 Å². The van der Waals surface area contributed by atoms with Gasteiger partial charge in [0.2, 0.25) is 0 Å². The van der Waals surface area contributed by atoms with Gasteiger partial charge in [-0.25, -0.2) is 4.98 Å². The maximum atomic E-state index is 12.0. The lowest BCUT2D eigenvalue weighted by atomic mass is 10.2. The van der Waals surface area contributed by atoms with E-state index >= 15 is 0 Å². The van der Waals surface area contributed by atoms with Crippen molar-refractivity contribution in [1.82, 2.24) is 9.97 Å². The molecule has 0 N–H and O–H groups in total. The molecule has 0 unspecified atom stereocenters. The maximum absolute atomic E-state index is 12.0. The fraction of sp³-hybridized carbons (Fsp3) is 0. The second kappa shape index (κ2) is 4.59. The SMILES string of the molecule is N#Cc1ncccc1-c1nc(=O)c2ccccc2s1. The molecule has 19 heavy (non-hydrogen) atoms. The van der Waals surface area contributed by atoms with Gasteiger partial charge in [0.1, 0.15) is 11.1 Å². The first-order valence-electron chi connectivity index (χ1n) is 5.55. The van der Waals surface area contributed by atoms with Crippen LogP contribution in [-0.2, 0) is 0 Å². The van der Waals surface area contributed by atoms with Crippen LogP contribution in [0.1, 0.15) is 5.69 Å². The van der Waals surface area contributed by atoms with Crippen molar-refractivity contribution in [2.75, 3.05) is 0 Å². The van der Waals surface area contributed by atoms with Gasteiger partial charge in [-0.1, -0.05) is 12.1 Å². The minimum Gasteiger partial charge on any atom is -0.267 e. The normalized spacial score (nSPS) is 10.3. The third-order valence-electron chi connectivity index (χ3n) is 2.67. The number of nitrogens with zero attached hydrogens (tertiary/aromatic N) is 3. The highest BCUT2D eigenvalue weighted by Gasteiger charge is 2.10. The van der Waals surface area contributed by atoms with E-state index in [1.54, 1.807) is 24.4 Å². The molecule has 0 saturated carbocycles. The number of hydrogen-bond acceptors (Lipinski definition) is 5. The standard InChI is InChI=1S/C14H7N3OS/c15-8-11-9(5-3-7-16-11)14-17-13(18)10-4-1-2-6-12(10)19-14/h1-7H. The van der Waals surface area contributed by atoms with Gasteiger partial charge in [-0.2, -0.15) is 10.2 Å². The Bertz CT molecular complexity index is 864. The van der Waals surface area contributed by atoms with Crippen LogP contribution in [0, 0.1) is 11.3 Å². The van der Waals surface area contributed by atoms with Crippen LogP contribution >= 0.6 is 11.3 Å². The van der Waals surface area contributed by atoms with E-state index in [4.69, 9.17) is 5.26 Å². The molecule has 0 aliphatic rings. The van der Waals surface area contributed by atoms with Crippen LogP contribution in [0.15, 0.2) is 47.4 Å². The Kier molecular flexibility index (Phi) is 2.78. The molecule has 3 aromatic rings. The van der Waals surface area contributed by atoms with Crippen LogP contribution in [0.2, 0.25) is 0 Å². The molecule has 0 aliphatic carbocycles. The molecule has 1 aromatic carbocycles. The summed E-state index contributed by atoms with van der Waals surface area (Å²) in [6.45, 7) is 0. The predicted molar refractivity (Wildman–Crippen MR) is 73.8 cm³/mol. The first-order chi connectivity index (χ1) is 9.29. The molecule has 0 atom stereocenters. The molecular formula is C14H7N3OS. The summed E-state index contributed by atoms with van der Waals surface area (Å²) in [7, 11) is 0. The summed E-state index contributed by atoms with van der Waals surface area (Å²) in [6.07, 6.45) is 1.55. The van der Waals surface area contributed by atoms with Gasteiger partial charge in [0.05, 0.1) is 5.39 Å². The Hall–Kier alpha value is -2.58. The zero-order valence-corrected chi connectivity index (χ0v) is 10.5. The molecule has 4 nitrogen and oxygen atoms in total. The highest BCUT2D eigenvalue weighted by atomic mass is 32.1. The summed E-state index contributed by atoms with van der Waals surface area (Å²) in [5.41, 5.74) is 0.593. The van der Waals surface area contributed by atoms with Crippen LogP contribution < -0.4 is 5.56 Å². The molecule has 0 aliphatic heterocycles. The van der Waals surface area contributed by atoms with Crippen molar-refractivity contribution in [3.8, 4) is 16.6 Å². The van der Waals surface area contributed by atoms with Gasteiger partial charge < -0.3 is 0 Å². The van der Waals surface area contributed by atoms with Gasteiger partial charge in [-0.3, -0.25) is 4.79 Å². The van der Waals surface area contributed by atoms with Crippen molar-refractivity contribution in [3.05, 3.63) is 58.6 Å². The van der Waals surface area contributed by atoms with Gasteiger partial charge in [-0.05, 0) is 24.3 Å². The molecule has 5 heteroatoms. The van der Waals surface area contributed by atoms with Gasteiger partial charge in [0.15, 0.2) is 5.69 Å². The summed E-state index contributed by atoms with van der Waals surface area (Å²) in [5.74, 6) is 0. The molecule has 2 heterocycles. The monoisotopic (exact) mass is 265 g/mol. The minimum atomic E-state index is -0.280. The molecule has 90 valence electrons. The zero-order valence-electron chi connectivity index (χ0n) is 9.70. The molecule has 0 amide bonds. The van der Waals surface area contributed by atoms with Gasteiger partial charge in [0.25, 0.3) is 5.56 Å². The summed E-state index contributed by atoms with van der Waals surface area (Å²) >= 11 is 1.38. The Morgan fingerprint density at radius 1 is 1.16 bits per heavy atom. The Morgan fingerprint density at radius 2 is 2.00 bits per heavy atom. The van der Waals surface area contributed by atoms with Crippen molar-refractivity contribution in [2.24, 2.45) is 0 Å².